The molecule has 0 aliphatic rings. The predicted octanol–water partition coefficient (Wildman–Crippen LogP) is 3.37. The lowest BCUT2D eigenvalue weighted by Crippen LogP contribution is -2.31. The van der Waals surface area contributed by atoms with E-state index in [0.717, 1.165) is 6.42 Å². The zero-order valence-corrected chi connectivity index (χ0v) is 11.8. The van der Waals surface area contributed by atoms with E-state index in [9.17, 15) is 0 Å². The molecule has 1 atom stereocenters. The van der Waals surface area contributed by atoms with Gasteiger partial charge in [-0.05, 0) is 18.1 Å². The van der Waals surface area contributed by atoms with Gasteiger partial charge in [0.2, 0.25) is 0 Å². The number of hydrogen-bond donors (Lipinski definition) is 2. The molecule has 0 fully saturated rings. The van der Waals surface area contributed by atoms with Crippen LogP contribution in [-0.2, 0) is 6.42 Å². The number of aromatic nitrogens is 1. The number of hydrogen-bond acceptors (Lipinski definition) is 3. The summed E-state index contributed by atoms with van der Waals surface area (Å²) in [5, 5.41) is 4.26. The maximum atomic E-state index is 6.08. The van der Waals surface area contributed by atoms with E-state index < -0.39 is 0 Å². The van der Waals surface area contributed by atoms with Crippen molar-refractivity contribution in [2.75, 3.05) is 11.9 Å². The van der Waals surface area contributed by atoms with Crippen molar-refractivity contribution in [1.29, 1.82) is 0 Å². The van der Waals surface area contributed by atoms with Gasteiger partial charge in [0.05, 0.1) is 10.0 Å². The molecule has 100 valence electrons. The van der Waals surface area contributed by atoms with Crippen molar-refractivity contribution in [3.63, 3.8) is 0 Å². The maximum absolute atomic E-state index is 6.08. The van der Waals surface area contributed by atoms with Crippen LogP contribution in [0.5, 0.6) is 0 Å². The molecule has 0 saturated carbocycles. The van der Waals surface area contributed by atoms with E-state index in [0.29, 0.717) is 22.4 Å². The van der Waals surface area contributed by atoms with E-state index in [2.05, 4.69) is 22.4 Å². The Balaban J connectivity index is 2.06. The first-order valence-corrected chi connectivity index (χ1v) is 6.76. The Labute approximate surface area is 122 Å². The van der Waals surface area contributed by atoms with Gasteiger partial charge in [0.25, 0.3) is 0 Å². The first kappa shape index (κ1) is 14.1. The Morgan fingerprint density at radius 2 is 1.95 bits per heavy atom. The Morgan fingerprint density at radius 1 is 1.21 bits per heavy atom. The number of nitrogens with two attached hydrogens (primary N) is 1. The van der Waals surface area contributed by atoms with Gasteiger partial charge in [-0.2, -0.15) is 0 Å². The number of rotatable bonds is 5. The molecule has 5 heteroatoms. The number of anilines is 1. The summed E-state index contributed by atoms with van der Waals surface area (Å²) >= 11 is 11.9. The van der Waals surface area contributed by atoms with Crippen LogP contribution in [0.2, 0.25) is 10.0 Å². The van der Waals surface area contributed by atoms with Crippen molar-refractivity contribution >= 4 is 29.0 Å². The highest BCUT2D eigenvalue weighted by molar-refractivity contribution is 6.35. The molecule has 0 amide bonds. The molecule has 1 aromatic heterocycles. The lowest BCUT2D eigenvalue weighted by molar-refractivity contribution is 0.720. The van der Waals surface area contributed by atoms with Crippen molar-refractivity contribution in [2.24, 2.45) is 5.73 Å². The second kappa shape index (κ2) is 6.75. The van der Waals surface area contributed by atoms with Gasteiger partial charge in [0.15, 0.2) is 0 Å². The van der Waals surface area contributed by atoms with E-state index in [1.807, 2.05) is 18.2 Å². The SMILES string of the molecule is NCC(Cc1ccccc1)Nc1ncc(Cl)cc1Cl. The summed E-state index contributed by atoms with van der Waals surface area (Å²) in [6, 6.07) is 11.9. The molecule has 0 saturated heterocycles. The van der Waals surface area contributed by atoms with Gasteiger partial charge < -0.3 is 11.1 Å². The summed E-state index contributed by atoms with van der Waals surface area (Å²) < 4.78 is 0. The first-order chi connectivity index (χ1) is 9.19. The highest BCUT2D eigenvalue weighted by Gasteiger charge is 2.11. The summed E-state index contributed by atoms with van der Waals surface area (Å²) in [6.07, 6.45) is 2.38. The summed E-state index contributed by atoms with van der Waals surface area (Å²) in [7, 11) is 0. The second-order valence-electron chi connectivity index (χ2n) is 4.25. The average Bonchev–Trinajstić information content (AvgIpc) is 2.42. The summed E-state index contributed by atoms with van der Waals surface area (Å²) in [6.45, 7) is 0.496. The van der Waals surface area contributed by atoms with Crippen LogP contribution in [0.4, 0.5) is 5.82 Å². The van der Waals surface area contributed by atoms with Gasteiger partial charge in [-0.3, -0.25) is 0 Å². The van der Waals surface area contributed by atoms with E-state index in [4.69, 9.17) is 28.9 Å². The predicted molar refractivity (Wildman–Crippen MR) is 80.9 cm³/mol. The van der Waals surface area contributed by atoms with E-state index in [1.54, 1.807) is 12.3 Å². The van der Waals surface area contributed by atoms with Crippen LogP contribution >= 0.6 is 23.2 Å². The van der Waals surface area contributed by atoms with E-state index in [1.165, 1.54) is 5.56 Å². The molecule has 1 aromatic carbocycles. The Morgan fingerprint density at radius 3 is 2.58 bits per heavy atom. The largest absolute Gasteiger partial charge is 0.364 e. The molecule has 1 unspecified atom stereocenters. The molecule has 0 bridgehead atoms. The number of pyridine rings is 1. The average molecular weight is 296 g/mol. The van der Waals surface area contributed by atoms with Gasteiger partial charge in [-0.15, -0.1) is 0 Å². The van der Waals surface area contributed by atoms with Gasteiger partial charge >= 0.3 is 0 Å². The van der Waals surface area contributed by atoms with E-state index >= 15 is 0 Å². The third kappa shape index (κ3) is 4.10. The third-order valence-corrected chi connectivity index (χ3v) is 3.25. The van der Waals surface area contributed by atoms with Crippen LogP contribution in [-0.4, -0.2) is 17.6 Å². The molecule has 0 radical (unpaired) electrons. The van der Waals surface area contributed by atoms with Crippen molar-refractivity contribution in [3.8, 4) is 0 Å². The number of nitrogens with one attached hydrogen (secondary N) is 1. The van der Waals surface area contributed by atoms with Gasteiger partial charge in [-0.1, -0.05) is 53.5 Å². The first-order valence-electron chi connectivity index (χ1n) is 6.00. The normalized spacial score (nSPS) is 12.2. The number of benzene rings is 1. The lowest BCUT2D eigenvalue weighted by atomic mass is 10.1. The molecule has 0 aliphatic carbocycles. The smallest absolute Gasteiger partial charge is 0.145 e. The molecule has 0 spiro atoms. The lowest BCUT2D eigenvalue weighted by Gasteiger charge is -2.18. The summed E-state index contributed by atoms with van der Waals surface area (Å²) in [5.41, 5.74) is 7.01. The molecule has 2 rings (SSSR count). The highest BCUT2D eigenvalue weighted by atomic mass is 35.5. The molecule has 2 aromatic rings. The van der Waals surface area contributed by atoms with Crippen molar-refractivity contribution < 1.29 is 0 Å². The molecule has 3 nitrogen and oxygen atoms in total. The quantitative estimate of drug-likeness (QED) is 0.889. The number of nitrogens with zero attached hydrogens (tertiary/aromatic N) is 1. The molecule has 3 N–H and O–H groups in total. The third-order valence-electron chi connectivity index (χ3n) is 2.76. The Kier molecular flexibility index (Phi) is 5.02. The fourth-order valence-electron chi connectivity index (χ4n) is 1.81. The zero-order valence-electron chi connectivity index (χ0n) is 10.3. The molecular formula is C14H15Cl2N3. The van der Waals surface area contributed by atoms with Crippen LogP contribution in [0.15, 0.2) is 42.6 Å². The number of halogens is 2. The minimum absolute atomic E-state index is 0.0774. The van der Waals surface area contributed by atoms with Crippen LogP contribution in [0.3, 0.4) is 0 Å². The monoisotopic (exact) mass is 295 g/mol. The van der Waals surface area contributed by atoms with Crippen LogP contribution in [0.25, 0.3) is 0 Å². The van der Waals surface area contributed by atoms with Gasteiger partial charge in [-0.25, -0.2) is 4.98 Å². The minimum atomic E-state index is 0.0774. The standard InChI is InChI=1S/C14H15Cl2N3/c15-11-7-13(16)14(18-9-11)19-12(8-17)6-10-4-2-1-3-5-10/h1-5,7,9,12H,6,8,17H2,(H,18,19). The van der Waals surface area contributed by atoms with E-state index in [-0.39, 0.29) is 6.04 Å². The Bertz CT molecular complexity index is 531. The topological polar surface area (TPSA) is 50.9 Å². The van der Waals surface area contributed by atoms with Crippen LogP contribution < -0.4 is 11.1 Å². The summed E-state index contributed by atoms with van der Waals surface area (Å²) in [4.78, 5) is 4.18. The van der Waals surface area contributed by atoms with Crippen molar-refractivity contribution in [2.45, 2.75) is 12.5 Å². The zero-order chi connectivity index (χ0) is 13.7. The van der Waals surface area contributed by atoms with Crippen LogP contribution in [0, 0.1) is 0 Å². The maximum Gasteiger partial charge on any atom is 0.145 e. The molecule has 1 heterocycles. The van der Waals surface area contributed by atoms with Gasteiger partial charge in [0.1, 0.15) is 5.82 Å². The fourth-order valence-corrected chi connectivity index (χ4v) is 2.24. The van der Waals surface area contributed by atoms with Crippen molar-refractivity contribution in [1.82, 2.24) is 4.98 Å². The minimum Gasteiger partial charge on any atom is -0.364 e. The Hall–Kier alpha value is -1.29. The van der Waals surface area contributed by atoms with Crippen molar-refractivity contribution in [3.05, 3.63) is 58.2 Å². The second-order valence-corrected chi connectivity index (χ2v) is 5.09. The molecular weight excluding hydrogens is 281 g/mol. The van der Waals surface area contributed by atoms with Gasteiger partial charge in [0, 0.05) is 18.8 Å². The molecule has 19 heavy (non-hydrogen) atoms. The molecule has 0 aliphatic heterocycles. The fraction of sp³-hybridized carbons (Fsp3) is 0.214. The highest BCUT2D eigenvalue weighted by Crippen LogP contribution is 2.23. The summed E-state index contributed by atoms with van der Waals surface area (Å²) in [5.74, 6) is 0.609. The van der Waals surface area contributed by atoms with Crippen LogP contribution in [0.1, 0.15) is 5.56 Å².